The predicted octanol–water partition coefficient (Wildman–Crippen LogP) is 2.38. The Balaban J connectivity index is 0.000000569. The summed E-state index contributed by atoms with van der Waals surface area (Å²) in [7, 11) is -3.67. The molecule has 1 saturated heterocycles. The fourth-order valence-corrected chi connectivity index (χ4v) is 4.16. The molecule has 178 valence electrons. The lowest BCUT2D eigenvalue weighted by molar-refractivity contribution is -0.159. The molecule has 4 N–H and O–H groups in total. The molecule has 0 aromatic heterocycles. The van der Waals surface area contributed by atoms with E-state index in [0.717, 1.165) is 31.5 Å². The van der Waals surface area contributed by atoms with Gasteiger partial charge in [0.2, 0.25) is 5.91 Å². The molecule has 10 nitrogen and oxygen atoms in total. The van der Waals surface area contributed by atoms with Crippen molar-refractivity contribution in [3.05, 3.63) is 54.1 Å². The number of carboxylic acids is 2. The van der Waals surface area contributed by atoms with E-state index in [1.807, 2.05) is 6.92 Å². The molecule has 1 aliphatic rings. The van der Waals surface area contributed by atoms with Gasteiger partial charge in [0.1, 0.15) is 0 Å². The molecule has 2 aromatic rings. The lowest BCUT2D eigenvalue weighted by Gasteiger charge is -2.25. The molecule has 2 aromatic carbocycles. The normalized spacial score (nSPS) is 13.8. The number of aliphatic carboxylic acids is 2. The smallest absolute Gasteiger partial charge is 0.414 e. The highest BCUT2D eigenvalue weighted by Gasteiger charge is 2.16. The van der Waals surface area contributed by atoms with Gasteiger partial charge in [-0.2, -0.15) is 0 Å². The Hall–Kier alpha value is -3.44. The van der Waals surface area contributed by atoms with Crippen LogP contribution >= 0.6 is 0 Å². The Morgan fingerprint density at radius 2 is 1.48 bits per heavy atom. The van der Waals surface area contributed by atoms with E-state index in [1.165, 1.54) is 6.42 Å². The number of carbonyl (C=O) groups is 3. The molecular weight excluding hydrogens is 450 g/mol. The van der Waals surface area contributed by atoms with Gasteiger partial charge in [-0.25, -0.2) is 18.0 Å². The minimum Gasteiger partial charge on any atom is -0.473 e. The monoisotopic (exact) mass is 477 g/mol. The van der Waals surface area contributed by atoms with Crippen LogP contribution in [0.15, 0.2) is 53.4 Å². The number of amides is 1. The van der Waals surface area contributed by atoms with Gasteiger partial charge in [-0.3, -0.25) is 14.4 Å². The Morgan fingerprint density at radius 3 is 2.06 bits per heavy atom. The molecule has 0 radical (unpaired) electrons. The van der Waals surface area contributed by atoms with Crippen LogP contribution in [0.2, 0.25) is 0 Å². The number of carbonyl (C=O) groups excluding carboxylic acids is 1. The zero-order valence-electron chi connectivity index (χ0n) is 18.2. The van der Waals surface area contributed by atoms with E-state index in [2.05, 4.69) is 14.9 Å². The standard InChI is InChI=1S/C20H25N3O3S.C2H2O4/c1-16-8-10-19(11-9-16)27(25,26)22-18-7-5-6-17(14-18)21-20(24)15-23-12-3-2-4-13-23;3-1(4)2(5)6/h5-11,14,22H,2-4,12-13,15H2,1H3,(H,21,24);(H,3,4)(H,5,6). The predicted molar refractivity (Wildman–Crippen MR) is 123 cm³/mol. The molecule has 33 heavy (non-hydrogen) atoms. The second-order valence-electron chi connectivity index (χ2n) is 7.49. The summed E-state index contributed by atoms with van der Waals surface area (Å²) >= 11 is 0. The number of likely N-dealkylation sites (tertiary alicyclic amines) is 1. The topological polar surface area (TPSA) is 153 Å². The summed E-state index contributed by atoms with van der Waals surface area (Å²) in [6, 6.07) is 13.4. The Bertz CT molecular complexity index is 1070. The number of rotatable bonds is 6. The van der Waals surface area contributed by atoms with Gasteiger partial charge in [0.05, 0.1) is 17.1 Å². The van der Waals surface area contributed by atoms with Gasteiger partial charge in [-0.15, -0.1) is 0 Å². The van der Waals surface area contributed by atoms with Crippen LogP contribution in [0, 0.1) is 6.92 Å². The zero-order valence-corrected chi connectivity index (χ0v) is 19.0. The summed E-state index contributed by atoms with van der Waals surface area (Å²) in [5, 5.41) is 17.6. The SMILES string of the molecule is Cc1ccc(S(=O)(=O)Nc2cccc(NC(=O)CN3CCCCC3)c2)cc1.O=C(O)C(=O)O. The molecular formula is C22H27N3O7S. The lowest BCUT2D eigenvalue weighted by Crippen LogP contribution is -2.36. The zero-order chi connectivity index (χ0) is 24.4. The minimum atomic E-state index is -3.67. The minimum absolute atomic E-state index is 0.0876. The second-order valence-corrected chi connectivity index (χ2v) is 9.18. The summed E-state index contributed by atoms with van der Waals surface area (Å²) < 4.78 is 27.6. The van der Waals surface area contributed by atoms with E-state index in [1.54, 1.807) is 48.5 Å². The van der Waals surface area contributed by atoms with Crippen molar-refractivity contribution in [2.24, 2.45) is 0 Å². The van der Waals surface area contributed by atoms with Crippen molar-refractivity contribution in [3.63, 3.8) is 0 Å². The maximum atomic E-state index is 12.5. The second kappa shape index (κ2) is 12.0. The van der Waals surface area contributed by atoms with Crippen LogP contribution in [0.1, 0.15) is 24.8 Å². The number of aryl methyl sites for hydroxylation is 1. The van der Waals surface area contributed by atoms with E-state index < -0.39 is 22.0 Å². The van der Waals surface area contributed by atoms with Crippen molar-refractivity contribution in [2.45, 2.75) is 31.1 Å². The van der Waals surface area contributed by atoms with Crippen LogP contribution in [0.25, 0.3) is 0 Å². The van der Waals surface area contributed by atoms with Gasteiger partial charge >= 0.3 is 11.9 Å². The van der Waals surface area contributed by atoms with Crippen LogP contribution in [-0.2, 0) is 24.4 Å². The Labute approximate surface area is 192 Å². The average molecular weight is 478 g/mol. The number of carboxylic acid groups (broad SMARTS) is 2. The van der Waals surface area contributed by atoms with Crippen molar-refractivity contribution in [1.82, 2.24) is 4.90 Å². The number of piperidine rings is 1. The molecule has 3 rings (SSSR count). The summed E-state index contributed by atoms with van der Waals surface area (Å²) in [6.45, 7) is 4.16. The van der Waals surface area contributed by atoms with Gasteiger partial charge in [0.15, 0.2) is 0 Å². The van der Waals surface area contributed by atoms with E-state index in [9.17, 15) is 13.2 Å². The first-order valence-corrected chi connectivity index (χ1v) is 11.7. The van der Waals surface area contributed by atoms with Crippen LogP contribution < -0.4 is 10.0 Å². The van der Waals surface area contributed by atoms with Gasteiger partial charge in [-0.1, -0.05) is 30.2 Å². The molecule has 0 spiro atoms. The molecule has 0 unspecified atom stereocenters. The fourth-order valence-electron chi connectivity index (χ4n) is 3.11. The van der Waals surface area contributed by atoms with Gasteiger partial charge < -0.3 is 15.5 Å². The number of nitrogens with zero attached hydrogens (tertiary/aromatic N) is 1. The molecule has 1 heterocycles. The molecule has 1 amide bonds. The van der Waals surface area contributed by atoms with E-state index in [4.69, 9.17) is 19.8 Å². The first kappa shape index (κ1) is 25.8. The first-order valence-electron chi connectivity index (χ1n) is 10.2. The summed E-state index contributed by atoms with van der Waals surface area (Å²) in [4.78, 5) is 32.8. The molecule has 1 aliphatic heterocycles. The van der Waals surface area contributed by atoms with Crippen LogP contribution in [0.4, 0.5) is 11.4 Å². The van der Waals surface area contributed by atoms with E-state index in [0.29, 0.717) is 17.9 Å². The van der Waals surface area contributed by atoms with Crippen molar-refractivity contribution in [3.8, 4) is 0 Å². The molecule has 0 bridgehead atoms. The van der Waals surface area contributed by atoms with Crippen molar-refractivity contribution in [2.75, 3.05) is 29.7 Å². The van der Waals surface area contributed by atoms with Crippen LogP contribution in [0.5, 0.6) is 0 Å². The molecule has 0 atom stereocenters. The highest BCUT2D eigenvalue weighted by molar-refractivity contribution is 7.92. The van der Waals surface area contributed by atoms with Crippen molar-refractivity contribution < 1.29 is 33.0 Å². The molecule has 1 fully saturated rings. The average Bonchev–Trinajstić information content (AvgIpc) is 2.75. The number of anilines is 2. The number of hydrogen-bond acceptors (Lipinski definition) is 6. The third kappa shape index (κ3) is 8.91. The van der Waals surface area contributed by atoms with Gasteiger partial charge in [0, 0.05) is 5.69 Å². The summed E-state index contributed by atoms with van der Waals surface area (Å²) in [5.41, 5.74) is 1.97. The quantitative estimate of drug-likeness (QED) is 0.463. The third-order valence-corrected chi connectivity index (χ3v) is 6.13. The van der Waals surface area contributed by atoms with Crippen LogP contribution in [0.3, 0.4) is 0 Å². The number of benzene rings is 2. The lowest BCUT2D eigenvalue weighted by atomic mass is 10.1. The maximum absolute atomic E-state index is 12.5. The summed E-state index contributed by atoms with van der Waals surface area (Å²) in [6.07, 6.45) is 3.48. The molecule has 0 saturated carbocycles. The van der Waals surface area contributed by atoms with Crippen molar-refractivity contribution in [1.29, 1.82) is 0 Å². The van der Waals surface area contributed by atoms with Crippen LogP contribution in [-0.4, -0.2) is 61.0 Å². The summed E-state index contributed by atoms with van der Waals surface area (Å²) in [5.74, 6) is -3.74. The Kier molecular flexibility index (Phi) is 9.37. The highest BCUT2D eigenvalue weighted by atomic mass is 32.2. The molecule has 0 aliphatic carbocycles. The third-order valence-electron chi connectivity index (χ3n) is 4.73. The van der Waals surface area contributed by atoms with Gasteiger partial charge in [0.25, 0.3) is 10.0 Å². The number of hydrogen-bond donors (Lipinski definition) is 4. The van der Waals surface area contributed by atoms with E-state index >= 15 is 0 Å². The van der Waals surface area contributed by atoms with Gasteiger partial charge in [-0.05, 0) is 63.2 Å². The Morgan fingerprint density at radius 1 is 0.909 bits per heavy atom. The largest absolute Gasteiger partial charge is 0.473 e. The molecule has 11 heteroatoms. The van der Waals surface area contributed by atoms with E-state index in [-0.39, 0.29) is 10.8 Å². The maximum Gasteiger partial charge on any atom is 0.414 e. The highest BCUT2D eigenvalue weighted by Crippen LogP contribution is 2.20. The number of sulfonamides is 1. The number of nitrogens with one attached hydrogen (secondary N) is 2. The first-order chi connectivity index (χ1) is 15.6. The van der Waals surface area contributed by atoms with Crippen molar-refractivity contribution >= 4 is 39.2 Å². The fraction of sp³-hybridized carbons (Fsp3) is 0.318.